The van der Waals surface area contributed by atoms with Crippen molar-refractivity contribution < 1.29 is 14.4 Å². The molecule has 1 aliphatic heterocycles. The molecule has 2 fully saturated rings. The third-order valence-corrected chi connectivity index (χ3v) is 10.5. The number of aryl methyl sites for hydroxylation is 3. The van der Waals surface area contributed by atoms with Crippen molar-refractivity contribution in [2.24, 2.45) is 11.8 Å². The third-order valence-electron chi connectivity index (χ3n) is 10.5. The number of nitrogens with zero attached hydrogens (tertiary/aromatic N) is 1. The number of hydrogen-bond acceptors (Lipinski definition) is 3. The molecule has 0 spiro atoms. The zero-order valence-electron chi connectivity index (χ0n) is 26.0. The monoisotopic (exact) mass is 599 g/mol. The Morgan fingerprint density at radius 1 is 0.478 bits per heavy atom. The molecule has 8 rings (SSSR count). The normalized spacial score (nSPS) is 25.0. The molecular weight excluding hydrogens is 566 g/mol. The highest BCUT2D eigenvalue weighted by atomic mass is 16.2. The second kappa shape index (κ2) is 10.1. The van der Waals surface area contributed by atoms with Crippen molar-refractivity contribution in [2.45, 2.75) is 31.6 Å². The van der Waals surface area contributed by atoms with Crippen molar-refractivity contribution in [3.63, 3.8) is 0 Å². The minimum absolute atomic E-state index is 0.107. The molecule has 4 heteroatoms. The SMILES string of the molecule is Cc1ccc(C2=C(c3ccc(C)cc3)[C@@]3(c4ccccc4)C(=O)[C@@]2(c2ccccc2)[C@@H]2C(=O)N(c4ccccc4C)C(=O)[C@@H]23)cc1. The summed E-state index contributed by atoms with van der Waals surface area (Å²) >= 11 is 0. The lowest BCUT2D eigenvalue weighted by Crippen LogP contribution is -2.45. The van der Waals surface area contributed by atoms with Crippen molar-refractivity contribution in [2.75, 3.05) is 4.90 Å². The number of carbonyl (C=O) groups excluding carboxylic acids is 3. The third kappa shape index (κ3) is 3.47. The molecule has 5 aromatic carbocycles. The van der Waals surface area contributed by atoms with Gasteiger partial charge in [-0.15, -0.1) is 0 Å². The zero-order valence-corrected chi connectivity index (χ0v) is 26.0. The van der Waals surface area contributed by atoms with Crippen LogP contribution in [0.1, 0.15) is 38.9 Å². The van der Waals surface area contributed by atoms with Crippen LogP contribution in [-0.2, 0) is 25.2 Å². The highest BCUT2D eigenvalue weighted by Crippen LogP contribution is 2.74. The molecule has 46 heavy (non-hydrogen) atoms. The molecule has 0 N–H and O–H groups in total. The van der Waals surface area contributed by atoms with Gasteiger partial charge in [0.15, 0.2) is 5.78 Å². The molecule has 1 heterocycles. The number of para-hydroxylation sites is 1. The average Bonchev–Trinajstić information content (AvgIpc) is 3.59. The van der Waals surface area contributed by atoms with Gasteiger partial charge in [0.25, 0.3) is 0 Å². The number of allylic oxidation sites excluding steroid dienone is 2. The van der Waals surface area contributed by atoms with Crippen LogP contribution >= 0.6 is 0 Å². The largest absolute Gasteiger partial charge is 0.297 e. The van der Waals surface area contributed by atoms with E-state index in [1.165, 1.54) is 4.90 Å². The van der Waals surface area contributed by atoms with E-state index in [1.807, 2.05) is 106 Å². The van der Waals surface area contributed by atoms with Gasteiger partial charge < -0.3 is 0 Å². The topological polar surface area (TPSA) is 54.5 Å². The Kier molecular flexibility index (Phi) is 6.17. The van der Waals surface area contributed by atoms with Crippen LogP contribution in [0.25, 0.3) is 11.1 Å². The van der Waals surface area contributed by atoms with Gasteiger partial charge in [0.1, 0.15) is 0 Å². The predicted octanol–water partition coefficient (Wildman–Crippen LogP) is 7.80. The number of carbonyl (C=O) groups is 3. The molecule has 0 radical (unpaired) electrons. The molecule has 3 aliphatic rings. The predicted molar refractivity (Wildman–Crippen MR) is 181 cm³/mol. The van der Waals surface area contributed by atoms with Crippen molar-refractivity contribution >= 4 is 34.4 Å². The van der Waals surface area contributed by atoms with Gasteiger partial charge in [0.05, 0.1) is 28.4 Å². The standard InChI is InChI=1S/C42H33NO3/c1-26-18-22-29(23-19-26)34-35(30-24-20-27(2)21-25-30)42(32-15-8-5-9-16-32)37-36(41(34,40(42)46)31-13-6-4-7-14-31)38(44)43(39(37)45)33-17-11-10-12-28(33)3/h4-25,36-37H,1-3H3/t36-,37+,41-,42-/m1/s1. The maximum Gasteiger partial charge on any atom is 0.239 e. The Hall–Kier alpha value is -5.35. The number of ketones is 1. The lowest BCUT2D eigenvalue weighted by atomic mass is 9.59. The van der Waals surface area contributed by atoms with Crippen LogP contribution in [0.5, 0.6) is 0 Å². The van der Waals surface area contributed by atoms with Crippen molar-refractivity contribution in [1.29, 1.82) is 0 Å². The number of Topliss-reactive ketones (excluding diaryl/α,β-unsaturated/α-hetero) is 1. The van der Waals surface area contributed by atoms with Gasteiger partial charge in [0, 0.05) is 0 Å². The van der Waals surface area contributed by atoms with E-state index in [0.29, 0.717) is 5.69 Å². The fraction of sp³-hybridized carbons (Fsp3) is 0.167. The second-order valence-corrected chi connectivity index (χ2v) is 12.9. The van der Waals surface area contributed by atoms with Gasteiger partial charge in [-0.05, 0) is 65.8 Å². The van der Waals surface area contributed by atoms with Gasteiger partial charge in [-0.25, -0.2) is 4.90 Å². The first-order valence-electron chi connectivity index (χ1n) is 15.8. The van der Waals surface area contributed by atoms with E-state index in [2.05, 4.69) is 48.5 Å². The maximum absolute atomic E-state index is 16.0. The Morgan fingerprint density at radius 2 is 0.870 bits per heavy atom. The summed E-state index contributed by atoms with van der Waals surface area (Å²) in [5.74, 6) is -2.62. The molecule has 2 bridgehead atoms. The maximum atomic E-state index is 16.0. The van der Waals surface area contributed by atoms with Crippen LogP contribution in [0.3, 0.4) is 0 Å². The van der Waals surface area contributed by atoms with Gasteiger partial charge in [-0.3, -0.25) is 14.4 Å². The summed E-state index contributed by atoms with van der Waals surface area (Å²) in [4.78, 5) is 47.5. The fourth-order valence-corrected chi connectivity index (χ4v) is 8.62. The number of amides is 2. The molecule has 0 aromatic heterocycles. The highest BCUT2D eigenvalue weighted by Gasteiger charge is 2.82. The molecule has 0 unspecified atom stereocenters. The van der Waals surface area contributed by atoms with E-state index in [9.17, 15) is 0 Å². The Bertz CT molecular complexity index is 1950. The first-order valence-corrected chi connectivity index (χ1v) is 15.8. The number of fused-ring (bicyclic) bond motifs is 5. The number of anilines is 1. The summed E-state index contributed by atoms with van der Waals surface area (Å²) < 4.78 is 0. The molecule has 1 saturated heterocycles. The summed E-state index contributed by atoms with van der Waals surface area (Å²) in [7, 11) is 0. The van der Waals surface area contributed by atoms with Crippen LogP contribution in [0, 0.1) is 32.6 Å². The second-order valence-electron chi connectivity index (χ2n) is 12.9. The lowest BCUT2D eigenvalue weighted by molar-refractivity contribution is -0.130. The number of imide groups is 1. The molecule has 4 nitrogen and oxygen atoms in total. The van der Waals surface area contributed by atoms with Gasteiger partial charge >= 0.3 is 0 Å². The van der Waals surface area contributed by atoms with E-state index in [1.54, 1.807) is 0 Å². The van der Waals surface area contributed by atoms with Crippen molar-refractivity contribution in [1.82, 2.24) is 0 Å². The minimum atomic E-state index is -1.40. The molecule has 4 atom stereocenters. The number of rotatable bonds is 5. The van der Waals surface area contributed by atoms with Crippen LogP contribution < -0.4 is 4.90 Å². The smallest absolute Gasteiger partial charge is 0.239 e. The number of benzene rings is 5. The van der Waals surface area contributed by atoms with Crippen LogP contribution in [0.2, 0.25) is 0 Å². The summed E-state index contributed by atoms with van der Waals surface area (Å²) in [6.07, 6.45) is 0. The van der Waals surface area contributed by atoms with Crippen molar-refractivity contribution in [3.05, 3.63) is 172 Å². The zero-order chi connectivity index (χ0) is 31.8. The van der Waals surface area contributed by atoms with Gasteiger partial charge in [-0.1, -0.05) is 139 Å². The molecule has 2 amide bonds. The Morgan fingerprint density at radius 3 is 1.28 bits per heavy atom. The molecular formula is C42H33NO3. The number of hydrogen-bond donors (Lipinski definition) is 0. The van der Waals surface area contributed by atoms with E-state index in [0.717, 1.165) is 50.1 Å². The summed E-state index contributed by atoms with van der Waals surface area (Å²) in [6.45, 7) is 5.99. The first-order chi connectivity index (χ1) is 22.3. The van der Waals surface area contributed by atoms with Gasteiger partial charge in [0.2, 0.25) is 11.8 Å². The average molecular weight is 600 g/mol. The van der Waals surface area contributed by atoms with Crippen molar-refractivity contribution in [3.8, 4) is 0 Å². The fourth-order valence-electron chi connectivity index (χ4n) is 8.62. The van der Waals surface area contributed by atoms with Crippen LogP contribution in [0.4, 0.5) is 5.69 Å². The van der Waals surface area contributed by atoms with E-state index in [4.69, 9.17) is 0 Å². The first kappa shape index (κ1) is 28.1. The van der Waals surface area contributed by atoms with Crippen LogP contribution in [-0.4, -0.2) is 17.6 Å². The highest BCUT2D eigenvalue weighted by molar-refractivity contribution is 6.39. The Labute approximate surface area is 269 Å². The molecule has 224 valence electrons. The van der Waals surface area contributed by atoms with Gasteiger partial charge in [-0.2, -0.15) is 0 Å². The Balaban J connectivity index is 1.57. The van der Waals surface area contributed by atoms with E-state index >= 15 is 14.4 Å². The molecule has 2 aliphatic carbocycles. The minimum Gasteiger partial charge on any atom is -0.297 e. The summed E-state index contributed by atoms with van der Waals surface area (Å²) in [6, 6.07) is 43.3. The van der Waals surface area contributed by atoms with E-state index in [-0.39, 0.29) is 17.6 Å². The van der Waals surface area contributed by atoms with E-state index < -0.39 is 22.7 Å². The molecule has 5 aromatic rings. The summed E-state index contributed by atoms with van der Waals surface area (Å²) in [5, 5.41) is 0. The lowest BCUT2D eigenvalue weighted by Gasteiger charge is -2.39. The molecule has 1 saturated carbocycles. The quantitative estimate of drug-likeness (QED) is 0.194. The van der Waals surface area contributed by atoms with Crippen LogP contribution in [0.15, 0.2) is 133 Å². The summed E-state index contributed by atoms with van der Waals surface area (Å²) in [5.41, 5.74) is 5.63.